The average molecular weight is 289 g/mol. The summed E-state index contributed by atoms with van der Waals surface area (Å²) in [6, 6.07) is 10.9. The summed E-state index contributed by atoms with van der Waals surface area (Å²) in [7, 11) is 0. The molecule has 1 unspecified atom stereocenters. The summed E-state index contributed by atoms with van der Waals surface area (Å²) in [5, 5.41) is 5.68. The number of benzene rings is 1. The molecular weight excluding hydrogens is 270 g/mol. The van der Waals surface area contributed by atoms with Crippen molar-refractivity contribution in [2.75, 3.05) is 13.2 Å². The van der Waals surface area contributed by atoms with E-state index in [-0.39, 0.29) is 0 Å². The summed E-state index contributed by atoms with van der Waals surface area (Å²) < 4.78 is 11.1. The minimum Gasteiger partial charge on any atom is -0.486 e. The first-order chi connectivity index (χ1) is 9.81. The number of rotatable bonds is 5. The van der Waals surface area contributed by atoms with Crippen LogP contribution in [0.5, 0.6) is 11.5 Å². The molecule has 3 nitrogen and oxygen atoms in total. The highest BCUT2D eigenvalue weighted by atomic mass is 32.1. The Bertz CT molecular complexity index is 554. The molecule has 0 fully saturated rings. The number of hydrogen-bond acceptors (Lipinski definition) is 4. The Kier molecular flexibility index (Phi) is 4.23. The molecule has 2 heterocycles. The van der Waals surface area contributed by atoms with Crippen LogP contribution >= 0.6 is 11.3 Å². The van der Waals surface area contributed by atoms with Crippen LogP contribution in [-0.2, 0) is 13.0 Å². The molecule has 0 saturated carbocycles. The Morgan fingerprint density at radius 1 is 1.20 bits per heavy atom. The largest absolute Gasteiger partial charge is 0.486 e. The Hall–Kier alpha value is -1.52. The topological polar surface area (TPSA) is 30.5 Å². The molecule has 1 aliphatic heterocycles. The van der Waals surface area contributed by atoms with Crippen LogP contribution < -0.4 is 14.8 Å². The SMILES string of the molecule is CC(Cc1cccs1)NCc1ccc2c(c1)OCCO2. The van der Waals surface area contributed by atoms with Crippen LogP contribution in [0.1, 0.15) is 17.4 Å². The molecule has 0 radical (unpaired) electrons. The molecule has 0 aliphatic carbocycles. The minimum atomic E-state index is 0.460. The van der Waals surface area contributed by atoms with E-state index in [1.165, 1.54) is 10.4 Å². The molecule has 0 saturated heterocycles. The summed E-state index contributed by atoms with van der Waals surface area (Å²) in [4.78, 5) is 1.42. The van der Waals surface area contributed by atoms with E-state index in [1.54, 1.807) is 0 Å². The third-order valence-electron chi connectivity index (χ3n) is 3.35. The van der Waals surface area contributed by atoms with Gasteiger partial charge in [0.1, 0.15) is 13.2 Å². The van der Waals surface area contributed by atoms with Crippen molar-refractivity contribution in [3.05, 3.63) is 46.2 Å². The maximum atomic E-state index is 5.61. The molecule has 0 bridgehead atoms. The molecule has 0 amide bonds. The maximum absolute atomic E-state index is 5.61. The Morgan fingerprint density at radius 3 is 2.85 bits per heavy atom. The van der Waals surface area contributed by atoms with Crippen molar-refractivity contribution in [1.29, 1.82) is 0 Å². The number of hydrogen-bond donors (Lipinski definition) is 1. The van der Waals surface area contributed by atoms with Gasteiger partial charge in [-0.15, -0.1) is 11.3 Å². The van der Waals surface area contributed by atoms with Crippen LogP contribution in [0.15, 0.2) is 35.7 Å². The highest BCUT2D eigenvalue weighted by Crippen LogP contribution is 2.30. The molecule has 3 rings (SSSR count). The van der Waals surface area contributed by atoms with Crippen LogP contribution in [0.2, 0.25) is 0 Å². The summed E-state index contributed by atoms with van der Waals surface area (Å²) >= 11 is 1.81. The van der Waals surface area contributed by atoms with Crippen LogP contribution in [0.25, 0.3) is 0 Å². The van der Waals surface area contributed by atoms with Gasteiger partial charge in [-0.1, -0.05) is 12.1 Å². The van der Waals surface area contributed by atoms with E-state index in [9.17, 15) is 0 Å². The maximum Gasteiger partial charge on any atom is 0.161 e. The third kappa shape index (κ3) is 3.32. The Morgan fingerprint density at radius 2 is 2.05 bits per heavy atom. The number of nitrogens with one attached hydrogen (secondary N) is 1. The van der Waals surface area contributed by atoms with E-state index in [2.05, 4.69) is 41.9 Å². The van der Waals surface area contributed by atoms with Gasteiger partial charge in [0, 0.05) is 17.5 Å². The molecule has 1 aromatic heterocycles. The molecule has 0 spiro atoms. The van der Waals surface area contributed by atoms with Gasteiger partial charge in [-0.05, 0) is 42.5 Å². The zero-order valence-electron chi connectivity index (χ0n) is 11.6. The molecular formula is C16H19NO2S. The average Bonchev–Trinajstić information content (AvgIpc) is 2.98. The van der Waals surface area contributed by atoms with Crippen molar-refractivity contribution in [1.82, 2.24) is 5.32 Å². The van der Waals surface area contributed by atoms with E-state index < -0.39 is 0 Å². The van der Waals surface area contributed by atoms with Gasteiger partial charge in [-0.2, -0.15) is 0 Å². The summed E-state index contributed by atoms with van der Waals surface area (Å²) in [6.07, 6.45) is 1.07. The van der Waals surface area contributed by atoms with Crippen molar-refractivity contribution in [3.8, 4) is 11.5 Å². The van der Waals surface area contributed by atoms with Gasteiger partial charge in [0.25, 0.3) is 0 Å². The third-order valence-corrected chi connectivity index (χ3v) is 4.25. The lowest BCUT2D eigenvalue weighted by atomic mass is 10.1. The summed E-state index contributed by atoms with van der Waals surface area (Å²) in [5.41, 5.74) is 1.23. The monoisotopic (exact) mass is 289 g/mol. The lowest BCUT2D eigenvalue weighted by Gasteiger charge is -2.19. The van der Waals surface area contributed by atoms with Gasteiger partial charge in [-0.25, -0.2) is 0 Å². The Balaban J connectivity index is 1.55. The first-order valence-corrected chi connectivity index (χ1v) is 7.83. The van der Waals surface area contributed by atoms with Gasteiger partial charge in [0.15, 0.2) is 11.5 Å². The highest BCUT2D eigenvalue weighted by molar-refractivity contribution is 7.09. The molecule has 4 heteroatoms. The predicted octanol–water partition coefficient (Wildman–Crippen LogP) is 3.24. The standard InChI is InChI=1S/C16H19NO2S/c1-12(9-14-3-2-8-20-14)17-11-13-4-5-15-16(10-13)19-7-6-18-15/h2-5,8,10,12,17H,6-7,9,11H2,1H3. The fourth-order valence-corrected chi connectivity index (χ4v) is 3.13. The first-order valence-electron chi connectivity index (χ1n) is 6.95. The minimum absolute atomic E-state index is 0.460. The zero-order chi connectivity index (χ0) is 13.8. The molecule has 1 atom stereocenters. The van der Waals surface area contributed by atoms with E-state index in [4.69, 9.17) is 9.47 Å². The molecule has 1 aromatic carbocycles. The molecule has 20 heavy (non-hydrogen) atoms. The molecule has 106 valence electrons. The van der Waals surface area contributed by atoms with Gasteiger partial charge in [0.05, 0.1) is 0 Å². The lowest BCUT2D eigenvalue weighted by Crippen LogP contribution is -2.27. The molecule has 1 N–H and O–H groups in total. The van der Waals surface area contributed by atoms with E-state index in [1.807, 2.05) is 17.4 Å². The van der Waals surface area contributed by atoms with E-state index in [0.29, 0.717) is 19.3 Å². The number of fused-ring (bicyclic) bond motifs is 1. The quantitative estimate of drug-likeness (QED) is 0.916. The highest BCUT2D eigenvalue weighted by Gasteiger charge is 2.12. The second kappa shape index (κ2) is 6.29. The van der Waals surface area contributed by atoms with Gasteiger partial charge in [0.2, 0.25) is 0 Å². The van der Waals surface area contributed by atoms with Crippen molar-refractivity contribution >= 4 is 11.3 Å². The van der Waals surface area contributed by atoms with Crippen LogP contribution in [0.3, 0.4) is 0 Å². The van der Waals surface area contributed by atoms with E-state index in [0.717, 1.165) is 24.5 Å². The number of thiophene rings is 1. The van der Waals surface area contributed by atoms with Crippen molar-refractivity contribution in [2.24, 2.45) is 0 Å². The van der Waals surface area contributed by atoms with Crippen LogP contribution in [0, 0.1) is 0 Å². The second-order valence-electron chi connectivity index (χ2n) is 5.04. The van der Waals surface area contributed by atoms with Crippen LogP contribution in [0.4, 0.5) is 0 Å². The fraction of sp³-hybridized carbons (Fsp3) is 0.375. The zero-order valence-corrected chi connectivity index (χ0v) is 12.4. The van der Waals surface area contributed by atoms with Gasteiger partial charge in [-0.3, -0.25) is 0 Å². The van der Waals surface area contributed by atoms with Gasteiger partial charge >= 0.3 is 0 Å². The lowest BCUT2D eigenvalue weighted by molar-refractivity contribution is 0.171. The van der Waals surface area contributed by atoms with E-state index >= 15 is 0 Å². The van der Waals surface area contributed by atoms with Gasteiger partial charge < -0.3 is 14.8 Å². The fourth-order valence-electron chi connectivity index (χ4n) is 2.29. The predicted molar refractivity (Wildman–Crippen MR) is 81.8 cm³/mol. The number of ether oxygens (including phenoxy) is 2. The second-order valence-corrected chi connectivity index (χ2v) is 6.08. The van der Waals surface area contributed by atoms with Crippen molar-refractivity contribution < 1.29 is 9.47 Å². The summed E-state index contributed by atoms with van der Waals surface area (Å²) in [6.45, 7) is 4.35. The Labute approximate surface area is 123 Å². The normalized spacial score (nSPS) is 15.1. The summed E-state index contributed by atoms with van der Waals surface area (Å²) in [5.74, 6) is 1.72. The molecule has 2 aromatic rings. The smallest absolute Gasteiger partial charge is 0.161 e. The van der Waals surface area contributed by atoms with Crippen LogP contribution in [-0.4, -0.2) is 19.3 Å². The van der Waals surface area contributed by atoms with Crippen molar-refractivity contribution in [3.63, 3.8) is 0 Å². The first kappa shape index (κ1) is 13.5. The molecule has 1 aliphatic rings. The van der Waals surface area contributed by atoms with Crippen molar-refractivity contribution in [2.45, 2.75) is 25.9 Å².